The molecule has 0 spiro atoms. The highest BCUT2D eigenvalue weighted by Crippen LogP contribution is 2.26. The molecule has 34 heavy (non-hydrogen) atoms. The lowest BCUT2D eigenvalue weighted by Gasteiger charge is -2.13. The van der Waals surface area contributed by atoms with Crippen LogP contribution in [0.5, 0.6) is 5.75 Å². The zero-order valence-corrected chi connectivity index (χ0v) is 20.8. The van der Waals surface area contributed by atoms with Crippen molar-refractivity contribution in [3.63, 3.8) is 0 Å². The highest BCUT2D eigenvalue weighted by Gasteiger charge is 2.17. The van der Waals surface area contributed by atoms with Gasteiger partial charge < -0.3 is 10.1 Å². The van der Waals surface area contributed by atoms with Gasteiger partial charge in [0, 0.05) is 16.4 Å². The largest absolute Gasteiger partial charge is 0.486 e. The summed E-state index contributed by atoms with van der Waals surface area (Å²) in [6, 6.07) is 21.1. The number of nitrogens with zero attached hydrogens (tertiary/aromatic N) is 3. The number of thioether (sulfide) groups is 1. The van der Waals surface area contributed by atoms with Crippen molar-refractivity contribution in [1.82, 2.24) is 14.8 Å². The van der Waals surface area contributed by atoms with Crippen LogP contribution in [0.2, 0.25) is 5.02 Å². The number of hydrogen-bond acceptors (Lipinski definition) is 5. The van der Waals surface area contributed by atoms with Gasteiger partial charge in [0.25, 0.3) is 0 Å². The summed E-state index contributed by atoms with van der Waals surface area (Å²) in [4.78, 5) is 12.8. The molecule has 0 aliphatic carbocycles. The third-order valence-electron chi connectivity index (χ3n) is 5.17. The number of halogens is 1. The van der Waals surface area contributed by atoms with Crippen molar-refractivity contribution in [3.05, 3.63) is 94.3 Å². The van der Waals surface area contributed by atoms with Gasteiger partial charge in [0.1, 0.15) is 12.4 Å². The van der Waals surface area contributed by atoms with Crippen LogP contribution in [0.1, 0.15) is 22.5 Å². The first-order valence-electron chi connectivity index (χ1n) is 10.8. The lowest BCUT2D eigenvalue weighted by atomic mass is 10.1. The maximum atomic E-state index is 12.8. The molecule has 3 aromatic carbocycles. The molecule has 0 aliphatic rings. The fraction of sp³-hybridized carbons (Fsp3) is 0.192. The van der Waals surface area contributed by atoms with Crippen LogP contribution in [0, 0.1) is 20.8 Å². The Morgan fingerprint density at radius 1 is 1.00 bits per heavy atom. The topological polar surface area (TPSA) is 69.0 Å². The maximum absolute atomic E-state index is 12.8. The second-order valence-corrected chi connectivity index (χ2v) is 9.30. The average molecular weight is 493 g/mol. The van der Waals surface area contributed by atoms with Crippen LogP contribution in [0.15, 0.2) is 71.9 Å². The van der Waals surface area contributed by atoms with Crippen molar-refractivity contribution >= 4 is 35.0 Å². The lowest BCUT2D eigenvalue weighted by molar-refractivity contribution is -0.113. The number of anilines is 1. The first-order valence-corrected chi connectivity index (χ1v) is 12.2. The van der Waals surface area contributed by atoms with Gasteiger partial charge in [0.15, 0.2) is 11.0 Å². The van der Waals surface area contributed by atoms with Gasteiger partial charge in [-0.3, -0.25) is 9.36 Å². The van der Waals surface area contributed by atoms with Crippen LogP contribution in [-0.2, 0) is 11.4 Å². The fourth-order valence-electron chi connectivity index (χ4n) is 3.68. The standard InChI is InChI=1S/C26H25ClN4O2S/c1-17-13-18(2)25(19(3)14-17)28-24(32)16-34-26-30-29-23(15-33-22-7-5-4-6-8-22)31(26)21-11-9-20(27)10-12-21/h4-14H,15-16H2,1-3H3,(H,28,32). The van der Waals surface area contributed by atoms with Crippen LogP contribution in [-0.4, -0.2) is 26.4 Å². The Morgan fingerprint density at radius 3 is 2.35 bits per heavy atom. The summed E-state index contributed by atoms with van der Waals surface area (Å²) in [6.45, 7) is 6.27. The molecule has 0 aliphatic heterocycles. The minimum atomic E-state index is -0.104. The van der Waals surface area contributed by atoms with E-state index in [1.807, 2.05) is 79.9 Å². The summed E-state index contributed by atoms with van der Waals surface area (Å²) in [5, 5.41) is 12.9. The van der Waals surface area contributed by atoms with Crippen molar-refractivity contribution in [3.8, 4) is 11.4 Å². The number of carbonyl (C=O) groups is 1. The smallest absolute Gasteiger partial charge is 0.234 e. The normalized spacial score (nSPS) is 10.8. The van der Waals surface area contributed by atoms with E-state index in [2.05, 4.69) is 27.6 Å². The highest BCUT2D eigenvalue weighted by atomic mass is 35.5. The number of hydrogen-bond donors (Lipinski definition) is 1. The van der Waals surface area contributed by atoms with Crippen molar-refractivity contribution < 1.29 is 9.53 Å². The second kappa shape index (κ2) is 10.8. The van der Waals surface area contributed by atoms with Crippen molar-refractivity contribution in [2.24, 2.45) is 0 Å². The van der Waals surface area contributed by atoms with Crippen LogP contribution in [0.4, 0.5) is 5.69 Å². The first kappa shape index (κ1) is 23.9. The van der Waals surface area contributed by atoms with Crippen molar-refractivity contribution in [1.29, 1.82) is 0 Å². The zero-order valence-electron chi connectivity index (χ0n) is 19.2. The Kier molecular flexibility index (Phi) is 7.55. The van der Waals surface area contributed by atoms with Crippen molar-refractivity contribution in [2.75, 3.05) is 11.1 Å². The Labute approximate surface area is 208 Å². The predicted molar refractivity (Wildman–Crippen MR) is 137 cm³/mol. The van der Waals surface area contributed by atoms with E-state index < -0.39 is 0 Å². The average Bonchev–Trinajstić information content (AvgIpc) is 3.22. The zero-order chi connectivity index (χ0) is 24.1. The molecule has 6 nitrogen and oxygen atoms in total. The van der Waals surface area contributed by atoms with E-state index in [-0.39, 0.29) is 18.3 Å². The molecule has 1 N–H and O–H groups in total. The molecule has 0 bridgehead atoms. The molecule has 1 aromatic heterocycles. The van der Waals surface area contributed by atoms with E-state index in [0.717, 1.165) is 28.3 Å². The van der Waals surface area contributed by atoms with Gasteiger partial charge in [-0.25, -0.2) is 0 Å². The molecule has 4 aromatic rings. The lowest BCUT2D eigenvalue weighted by Crippen LogP contribution is -2.16. The van der Waals surface area contributed by atoms with Crippen molar-refractivity contribution in [2.45, 2.75) is 32.5 Å². The van der Waals surface area contributed by atoms with Gasteiger partial charge in [-0.15, -0.1) is 10.2 Å². The van der Waals surface area contributed by atoms with E-state index in [0.29, 0.717) is 16.0 Å². The van der Waals surface area contributed by atoms with Gasteiger partial charge in [0.2, 0.25) is 5.91 Å². The third-order valence-corrected chi connectivity index (χ3v) is 6.35. The fourth-order valence-corrected chi connectivity index (χ4v) is 4.58. The summed E-state index contributed by atoms with van der Waals surface area (Å²) < 4.78 is 7.78. The molecule has 0 radical (unpaired) electrons. The Bertz CT molecular complexity index is 1270. The number of ether oxygens (including phenoxy) is 1. The Hall–Kier alpha value is -3.29. The Morgan fingerprint density at radius 2 is 1.68 bits per heavy atom. The van der Waals surface area contributed by atoms with Crippen LogP contribution in [0.25, 0.3) is 5.69 Å². The molecular weight excluding hydrogens is 468 g/mol. The van der Waals surface area contributed by atoms with Gasteiger partial charge in [-0.1, -0.05) is 59.3 Å². The van der Waals surface area contributed by atoms with E-state index in [1.165, 1.54) is 17.3 Å². The summed E-state index contributed by atoms with van der Waals surface area (Å²) in [6.07, 6.45) is 0. The number of carbonyl (C=O) groups excluding carboxylic acids is 1. The molecule has 1 amide bonds. The molecule has 0 fully saturated rings. The quantitative estimate of drug-likeness (QED) is 0.298. The van der Waals surface area contributed by atoms with Gasteiger partial charge in [0.05, 0.1) is 5.75 Å². The molecule has 174 valence electrons. The first-order chi connectivity index (χ1) is 16.4. The van der Waals surface area contributed by atoms with Crippen LogP contribution in [0.3, 0.4) is 0 Å². The summed E-state index contributed by atoms with van der Waals surface area (Å²) in [5.74, 6) is 1.45. The SMILES string of the molecule is Cc1cc(C)c(NC(=O)CSc2nnc(COc3ccccc3)n2-c2ccc(Cl)cc2)c(C)c1. The van der Waals surface area contributed by atoms with E-state index in [1.54, 1.807) is 0 Å². The Balaban J connectivity index is 1.52. The molecular formula is C26H25ClN4O2S. The molecule has 1 heterocycles. The van der Waals surface area contributed by atoms with Gasteiger partial charge in [-0.05, 0) is 68.3 Å². The van der Waals surface area contributed by atoms with Gasteiger partial charge in [-0.2, -0.15) is 0 Å². The molecule has 4 rings (SSSR count). The second-order valence-electron chi connectivity index (χ2n) is 7.92. The maximum Gasteiger partial charge on any atom is 0.234 e. The third kappa shape index (κ3) is 5.79. The summed E-state index contributed by atoms with van der Waals surface area (Å²) in [7, 11) is 0. The molecule has 0 unspecified atom stereocenters. The molecule has 0 saturated carbocycles. The number of rotatable bonds is 8. The number of benzene rings is 3. The minimum absolute atomic E-state index is 0.104. The van der Waals surface area contributed by atoms with E-state index in [9.17, 15) is 4.79 Å². The molecule has 0 saturated heterocycles. The summed E-state index contributed by atoms with van der Waals surface area (Å²) in [5.41, 5.74) is 4.95. The van der Waals surface area contributed by atoms with E-state index in [4.69, 9.17) is 16.3 Å². The van der Waals surface area contributed by atoms with Crippen LogP contribution < -0.4 is 10.1 Å². The summed E-state index contributed by atoms with van der Waals surface area (Å²) >= 11 is 7.41. The molecule has 0 atom stereocenters. The minimum Gasteiger partial charge on any atom is -0.486 e. The van der Waals surface area contributed by atoms with E-state index >= 15 is 0 Å². The monoisotopic (exact) mass is 492 g/mol. The number of aryl methyl sites for hydroxylation is 3. The number of amides is 1. The number of para-hydroxylation sites is 1. The molecule has 8 heteroatoms. The van der Waals surface area contributed by atoms with Gasteiger partial charge >= 0.3 is 0 Å². The number of nitrogens with one attached hydrogen (secondary N) is 1. The number of aromatic nitrogens is 3. The predicted octanol–water partition coefficient (Wildman–Crippen LogP) is 6.16. The van der Waals surface area contributed by atoms with Crippen LogP contribution >= 0.6 is 23.4 Å². The highest BCUT2D eigenvalue weighted by molar-refractivity contribution is 7.99.